The highest BCUT2D eigenvalue weighted by molar-refractivity contribution is 5.60. The molecule has 0 saturated heterocycles. The Morgan fingerprint density at radius 3 is 2.67 bits per heavy atom. The Morgan fingerprint density at radius 1 is 1.05 bits per heavy atom. The normalized spacial score (nSPS) is 26.1. The van der Waals surface area contributed by atoms with Crippen LogP contribution in [-0.4, -0.2) is 0 Å². The molecule has 1 N–H and O–H groups in total. The van der Waals surface area contributed by atoms with Gasteiger partial charge in [0.1, 0.15) is 11.6 Å². The summed E-state index contributed by atoms with van der Waals surface area (Å²) in [5.41, 5.74) is 2.32. The Hall–Kier alpha value is -2.16. The third-order valence-electron chi connectivity index (χ3n) is 4.54. The zero-order valence-corrected chi connectivity index (χ0v) is 11.4. The van der Waals surface area contributed by atoms with Crippen molar-refractivity contribution in [2.45, 2.75) is 18.4 Å². The second-order valence-corrected chi connectivity index (χ2v) is 5.74. The van der Waals surface area contributed by atoms with Gasteiger partial charge in [0, 0.05) is 12.0 Å². The number of fused-ring (bicyclic) bond motifs is 3. The van der Waals surface area contributed by atoms with Gasteiger partial charge in [-0.05, 0) is 29.5 Å². The van der Waals surface area contributed by atoms with Crippen LogP contribution in [0, 0.1) is 17.6 Å². The van der Waals surface area contributed by atoms with Gasteiger partial charge in [0.2, 0.25) is 0 Å². The van der Waals surface area contributed by atoms with Crippen molar-refractivity contribution >= 4 is 5.69 Å². The van der Waals surface area contributed by atoms with Crippen LogP contribution in [0.2, 0.25) is 0 Å². The smallest absolute Gasteiger partial charge is 0.149 e. The number of rotatable bonds is 1. The molecule has 106 valence electrons. The second kappa shape index (κ2) is 4.69. The van der Waals surface area contributed by atoms with Gasteiger partial charge in [0.05, 0.1) is 11.7 Å². The molecule has 0 radical (unpaired) electrons. The van der Waals surface area contributed by atoms with Crippen LogP contribution in [0.15, 0.2) is 54.6 Å². The summed E-state index contributed by atoms with van der Waals surface area (Å²) < 4.78 is 27.7. The summed E-state index contributed by atoms with van der Waals surface area (Å²) in [5, 5.41) is 3.30. The first-order valence-electron chi connectivity index (χ1n) is 7.21. The van der Waals surface area contributed by atoms with Gasteiger partial charge in [0.25, 0.3) is 0 Å². The summed E-state index contributed by atoms with van der Waals surface area (Å²) in [6, 6.07) is 12.5. The molecule has 1 aliphatic heterocycles. The summed E-state index contributed by atoms with van der Waals surface area (Å²) in [5.74, 6) is -0.632. The quantitative estimate of drug-likeness (QED) is 0.742. The SMILES string of the molecule is Fc1cc(F)c2c(c1)[C@@H]1C=CC[C@H]1[C@@H](c1ccccc1)N2. The van der Waals surface area contributed by atoms with Gasteiger partial charge < -0.3 is 5.32 Å². The highest BCUT2D eigenvalue weighted by Gasteiger charge is 2.39. The Bertz CT molecular complexity index is 709. The van der Waals surface area contributed by atoms with Gasteiger partial charge in [-0.25, -0.2) is 8.78 Å². The van der Waals surface area contributed by atoms with Crippen molar-refractivity contribution in [1.82, 2.24) is 0 Å². The van der Waals surface area contributed by atoms with Gasteiger partial charge in [-0.1, -0.05) is 42.5 Å². The van der Waals surface area contributed by atoms with Crippen LogP contribution in [0.1, 0.15) is 29.5 Å². The fraction of sp³-hybridized carbons (Fsp3) is 0.222. The molecule has 1 heterocycles. The molecule has 2 aliphatic rings. The molecule has 2 aromatic rings. The van der Waals surface area contributed by atoms with Crippen molar-refractivity contribution in [1.29, 1.82) is 0 Å². The molecule has 0 amide bonds. The van der Waals surface area contributed by atoms with Crippen LogP contribution in [0.5, 0.6) is 0 Å². The predicted molar refractivity (Wildman–Crippen MR) is 79.2 cm³/mol. The molecule has 0 unspecified atom stereocenters. The van der Waals surface area contributed by atoms with Crippen LogP contribution in [0.25, 0.3) is 0 Å². The lowest BCUT2D eigenvalue weighted by Gasteiger charge is -2.37. The first-order chi connectivity index (χ1) is 10.2. The molecular formula is C18H15F2N. The maximum Gasteiger partial charge on any atom is 0.149 e. The lowest BCUT2D eigenvalue weighted by molar-refractivity contribution is 0.418. The minimum Gasteiger partial charge on any atom is -0.375 e. The van der Waals surface area contributed by atoms with Crippen molar-refractivity contribution in [2.24, 2.45) is 5.92 Å². The van der Waals surface area contributed by atoms with E-state index in [-0.39, 0.29) is 12.0 Å². The molecule has 0 aromatic heterocycles. The van der Waals surface area contributed by atoms with E-state index in [1.54, 1.807) is 0 Å². The van der Waals surface area contributed by atoms with E-state index < -0.39 is 11.6 Å². The fourth-order valence-electron chi connectivity index (χ4n) is 3.61. The topological polar surface area (TPSA) is 12.0 Å². The monoisotopic (exact) mass is 283 g/mol. The first-order valence-corrected chi connectivity index (χ1v) is 7.21. The molecule has 3 atom stereocenters. The predicted octanol–water partition coefficient (Wildman–Crippen LogP) is 4.79. The number of halogens is 2. The zero-order valence-electron chi connectivity index (χ0n) is 11.4. The highest BCUT2D eigenvalue weighted by atomic mass is 19.1. The van der Waals surface area contributed by atoms with Crippen molar-refractivity contribution in [3.63, 3.8) is 0 Å². The average Bonchev–Trinajstić information content (AvgIpc) is 2.97. The maximum atomic E-state index is 14.2. The van der Waals surface area contributed by atoms with Crippen molar-refractivity contribution in [2.75, 3.05) is 5.32 Å². The Balaban J connectivity index is 1.84. The van der Waals surface area contributed by atoms with E-state index >= 15 is 0 Å². The van der Waals surface area contributed by atoms with Gasteiger partial charge in [-0.3, -0.25) is 0 Å². The maximum absolute atomic E-state index is 14.2. The standard InChI is InChI=1S/C18H15F2N/c19-12-9-15-13-7-4-8-14(13)17(11-5-2-1-3-6-11)21-18(15)16(20)10-12/h1-7,9-10,13-14,17,21H,8H2/t13-,14-,17-/m1/s1. The van der Waals surface area contributed by atoms with Crippen LogP contribution < -0.4 is 5.32 Å². The summed E-state index contributed by atoms with van der Waals surface area (Å²) >= 11 is 0. The van der Waals surface area contributed by atoms with E-state index in [0.717, 1.165) is 23.6 Å². The summed E-state index contributed by atoms with van der Waals surface area (Å²) in [4.78, 5) is 0. The number of hydrogen-bond donors (Lipinski definition) is 1. The first kappa shape index (κ1) is 12.6. The Morgan fingerprint density at radius 2 is 1.86 bits per heavy atom. The van der Waals surface area contributed by atoms with Crippen molar-refractivity contribution in [3.8, 4) is 0 Å². The van der Waals surface area contributed by atoms with E-state index in [0.29, 0.717) is 11.6 Å². The zero-order chi connectivity index (χ0) is 14.4. The van der Waals surface area contributed by atoms with Crippen molar-refractivity contribution in [3.05, 3.63) is 77.4 Å². The number of hydrogen-bond acceptors (Lipinski definition) is 1. The second-order valence-electron chi connectivity index (χ2n) is 5.74. The molecule has 0 bridgehead atoms. The van der Waals surface area contributed by atoms with E-state index in [9.17, 15) is 8.78 Å². The Labute approximate surface area is 122 Å². The molecule has 0 spiro atoms. The lowest BCUT2D eigenvalue weighted by Crippen LogP contribution is -2.29. The molecule has 3 heteroatoms. The molecular weight excluding hydrogens is 268 g/mol. The van der Waals surface area contributed by atoms with Crippen LogP contribution in [-0.2, 0) is 0 Å². The fourth-order valence-corrected chi connectivity index (χ4v) is 3.61. The minimum absolute atomic E-state index is 0.0543. The molecule has 1 aliphatic carbocycles. The highest BCUT2D eigenvalue weighted by Crippen LogP contribution is 2.50. The largest absolute Gasteiger partial charge is 0.375 e. The molecule has 21 heavy (non-hydrogen) atoms. The van der Waals surface area contributed by atoms with E-state index in [2.05, 4.69) is 29.6 Å². The van der Waals surface area contributed by atoms with Crippen molar-refractivity contribution < 1.29 is 8.78 Å². The van der Waals surface area contributed by atoms with Crippen LogP contribution in [0.4, 0.5) is 14.5 Å². The number of anilines is 1. The average molecular weight is 283 g/mol. The number of allylic oxidation sites excluding steroid dienone is 2. The van der Waals surface area contributed by atoms with Crippen LogP contribution in [0.3, 0.4) is 0 Å². The summed E-state index contributed by atoms with van der Waals surface area (Å²) in [6.45, 7) is 0. The minimum atomic E-state index is -0.510. The molecule has 2 aromatic carbocycles. The molecule has 0 fully saturated rings. The van der Waals surface area contributed by atoms with Gasteiger partial charge in [-0.2, -0.15) is 0 Å². The molecule has 0 saturated carbocycles. The summed E-state index contributed by atoms with van der Waals surface area (Å²) in [6.07, 6.45) is 5.12. The van der Waals surface area contributed by atoms with E-state index in [4.69, 9.17) is 0 Å². The Kier molecular flexibility index (Phi) is 2.81. The number of benzene rings is 2. The molecule has 4 rings (SSSR count). The summed E-state index contributed by atoms with van der Waals surface area (Å²) in [7, 11) is 0. The van der Waals surface area contributed by atoms with Gasteiger partial charge in [-0.15, -0.1) is 0 Å². The van der Waals surface area contributed by atoms with Crippen LogP contribution >= 0.6 is 0 Å². The van der Waals surface area contributed by atoms with E-state index in [1.807, 2.05) is 18.2 Å². The third-order valence-corrected chi connectivity index (χ3v) is 4.54. The van der Waals surface area contributed by atoms with Gasteiger partial charge in [0.15, 0.2) is 0 Å². The third kappa shape index (κ3) is 1.96. The van der Waals surface area contributed by atoms with E-state index in [1.165, 1.54) is 6.07 Å². The lowest BCUT2D eigenvalue weighted by atomic mass is 9.77. The number of nitrogens with one attached hydrogen (secondary N) is 1. The van der Waals surface area contributed by atoms with Gasteiger partial charge >= 0.3 is 0 Å². The molecule has 1 nitrogen and oxygen atoms in total.